The topological polar surface area (TPSA) is 54.5 Å². The molecule has 7 heteroatoms. The standard InChI is InChI=1S/C20H21ClFN3O2/c1-13-12-25(20(26)24-16-6-7-18(27-2)23-11-16)9-8-14(13)10-15-4-3-5-17(21)19(15)22/h3-7,10-11,13H,8-9,12H2,1-2H3,(H,24,26)/b14-10+. The number of rotatable bonds is 3. The molecular formula is C20H21ClFN3O2. The van der Waals surface area contributed by atoms with Crippen molar-refractivity contribution in [2.45, 2.75) is 13.3 Å². The molecule has 1 N–H and O–H groups in total. The molecule has 1 aliphatic heterocycles. The van der Waals surface area contributed by atoms with Crippen molar-refractivity contribution in [3.05, 3.63) is 58.5 Å². The van der Waals surface area contributed by atoms with Crippen LogP contribution in [0.3, 0.4) is 0 Å². The van der Waals surface area contributed by atoms with Crippen LogP contribution in [0.4, 0.5) is 14.9 Å². The quantitative estimate of drug-likeness (QED) is 0.817. The number of piperidine rings is 1. The van der Waals surface area contributed by atoms with E-state index in [-0.39, 0.29) is 17.0 Å². The van der Waals surface area contributed by atoms with Crippen LogP contribution in [0, 0.1) is 11.7 Å². The lowest BCUT2D eigenvalue weighted by Crippen LogP contribution is -2.42. The summed E-state index contributed by atoms with van der Waals surface area (Å²) in [5, 5.41) is 2.95. The first-order chi connectivity index (χ1) is 13.0. The summed E-state index contributed by atoms with van der Waals surface area (Å²) in [5.74, 6) is 0.200. The minimum atomic E-state index is -0.411. The third-order valence-electron chi connectivity index (χ3n) is 4.60. The molecule has 142 valence electrons. The number of carbonyl (C=O) groups excluding carboxylic acids is 1. The van der Waals surface area contributed by atoms with Crippen LogP contribution < -0.4 is 10.1 Å². The molecule has 0 aliphatic carbocycles. The summed E-state index contributed by atoms with van der Waals surface area (Å²) in [5.41, 5.74) is 2.19. The number of nitrogens with zero attached hydrogens (tertiary/aromatic N) is 2. The Morgan fingerprint density at radius 2 is 2.22 bits per heavy atom. The Morgan fingerprint density at radius 3 is 2.89 bits per heavy atom. The van der Waals surface area contributed by atoms with E-state index in [0.29, 0.717) is 36.6 Å². The first kappa shape index (κ1) is 19.2. The van der Waals surface area contributed by atoms with Crippen molar-refractivity contribution in [1.82, 2.24) is 9.88 Å². The highest BCUT2D eigenvalue weighted by molar-refractivity contribution is 6.30. The lowest BCUT2D eigenvalue weighted by Gasteiger charge is -2.33. The number of benzene rings is 1. The van der Waals surface area contributed by atoms with E-state index in [1.54, 1.807) is 35.4 Å². The zero-order chi connectivity index (χ0) is 19.4. The molecule has 1 aromatic heterocycles. The van der Waals surface area contributed by atoms with Crippen molar-refractivity contribution in [1.29, 1.82) is 0 Å². The van der Waals surface area contributed by atoms with Gasteiger partial charge in [-0.3, -0.25) is 0 Å². The molecule has 27 heavy (non-hydrogen) atoms. The Morgan fingerprint density at radius 1 is 1.41 bits per heavy atom. The summed E-state index contributed by atoms with van der Waals surface area (Å²) in [6.07, 6.45) is 4.08. The lowest BCUT2D eigenvalue weighted by molar-refractivity contribution is 0.198. The van der Waals surface area contributed by atoms with Crippen LogP contribution in [0.1, 0.15) is 18.9 Å². The fraction of sp³-hybridized carbons (Fsp3) is 0.300. The van der Waals surface area contributed by atoms with Crippen LogP contribution in [0.5, 0.6) is 5.88 Å². The Hall–Kier alpha value is -2.60. The van der Waals surface area contributed by atoms with Gasteiger partial charge < -0.3 is 15.0 Å². The number of likely N-dealkylation sites (tertiary alicyclic amines) is 1. The maximum atomic E-state index is 14.1. The molecule has 1 unspecified atom stereocenters. The maximum Gasteiger partial charge on any atom is 0.321 e. The number of amides is 2. The van der Waals surface area contributed by atoms with Gasteiger partial charge in [0.1, 0.15) is 5.82 Å². The van der Waals surface area contributed by atoms with E-state index in [9.17, 15) is 9.18 Å². The van der Waals surface area contributed by atoms with E-state index in [1.165, 1.54) is 13.2 Å². The van der Waals surface area contributed by atoms with E-state index < -0.39 is 5.82 Å². The van der Waals surface area contributed by atoms with E-state index in [0.717, 1.165) is 5.57 Å². The largest absolute Gasteiger partial charge is 0.481 e. The van der Waals surface area contributed by atoms with Gasteiger partial charge >= 0.3 is 6.03 Å². The average Bonchev–Trinajstić information content (AvgIpc) is 2.67. The molecule has 1 fully saturated rings. The van der Waals surface area contributed by atoms with E-state index in [1.807, 2.05) is 13.0 Å². The van der Waals surface area contributed by atoms with Crippen molar-refractivity contribution >= 4 is 29.4 Å². The van der Waals surface area contributed by atoms with Gasteiger partial charge in [-0.25, -0.2) is 14.2 Å². The van der Waals surface area contributed by atoms with Crippen LogP contribution in [0.25, 0.3) is 6.08 Å². The zero-order valence-electron chi connectivity index (χ0n) is 15.2. The summed E-state index contributed by atoms with van der Waals surface area (Å²) < 4.78 is 19.1. The minimum Gasteiger partial charge on any atom is -0.481 e. The minimum absolute atomic E-state index is 0.113. The summed E-state index contributed by atoms with van der Waals surface area (Å²) in [7, 11) is 1.54. The second-order valence-electron chi connectivity index (χ2n) is 6.48. The third kappa shape index (κ3) is 4.57. The first-order valence-electron chi connectivity index (χ1n) is 8.68. The number of halogens is 2. The number of methoxy groups -OCH3 is 1. The zero-order valence-corrected chi connectivity index (χ0v) is 16.0. The normalized spacial score (nSPS) is 18.4. The molecule has 2 amide bonds. The number of aromatic nitrogens is 1. The number of pyridine rings is 1. The van der Waals surface area contributed by atoms with Gasteiger partial charge in [0.15, 0.2) is 0 Å². The van der Waals surface area contributed by atoms with Crippen molar-refractivity contribution in [3.8, 4) is 5.88 Å². The summed E-state index contributed by atoms with van der Waals surface area (Å²) in [4.78, 5) is 18.3. The number of urea groups is 1. The molecule has 1 saturated heterocycles. The van der Waals surface area contributed by atoms with Gasteiger partial charge in [-0.2, -0.15) is 0 Å². The number of ether oxygens (including phenoxy) is 1. The Labute approximate surface area is 162 Å². The third-order valence-corrected chi connectivity index (χ3v) is 4.90. The molecule has 1 aromatic carbocycles. The highest BCUT2D eigenvalue weighted by Crippen LogP contribution is 2.27. The van der Waals surface area contributed by atoms with Gasteiger partial charge in [-0.15, -0.1) is 0 Å². The van der Waals surface area contributed by atoms with Crippen LogP contribution >= 0.6 is 11.6 Å². The van der Waals surface area contributed by atoms with Crippen LogP contribution in [0.15, 0.2) is 42.1 Å². The number of carbonyl (C=O) groups is 1. The molecule has 1 aliphatic rings. The van der Waals surface area contributed by atoms with Crippen LogP contribution in [-0.2, 0) is 0 Å². The Bertz CT molecular complexity index is 855. The Balaban J connectivity index is 1.64. The fourth-order valence-corrected chi connectivity index (χ4v) is 3.24. The van der Waals surface area contributed by atoms with E-state index in [2.05, 4.69) is 10.3 Å². The van der Waals surface area contributed by atoms with Crippen LogP contribution in [0.2, 0.25) is 5.02 Å². The van der Waals surface area contributed by atoms with Gasteiger partial charge in [0.2, 0.25) is 5.88 Å². The van der Waals surface area contributed by atoms with E-state index in [4.69, 9.17) is 16.3 Å². The van der Waals surface area contributed by atoms with Gasteiger partial charge in [0, 0.05) is 24.7 Å². The Kier molecular flexibility index (Phi) is 5.96. The first-order valence-corrected chi connectivity index (χ1v) is 9.06. The highest BCUT2D eigenvalue weighted by atomic mass is 35.5. The molecule has 2 heterocycles. The van der Waals surface area contributed by atoms with Crippen molar-refractivity contribution in [2.75, 3.05) is 25.5 Å². The van der Waals surface area contributed by atoms with Crippen LogP contribution in [-0.4, -0.2) is 36.1 Å². The molecule has 1 atom stereocenters. The summed E-state index contributed by atoms with van der Waals surface area (Å²) in [6, 6.07) is 8.22. The van der Waals surface area contributed by atoms with Crippen molar-refractivity contribution < 1.29 is 13.9 Å². The van der Waals surface area contributed by atoms with Gasteiger partial charge in [-0.1, -0.05) is 42.3 Å². The smallest absolute Gasteiger partial charge is 0.321 e. The summed E-state index contributed by atoms with van der Waals surface area (Å²) in [6.45, 7) is 3.15. The monoisotopic (exact) mass is 389 g/mol. The average molecular weight is 390 g/mol. The molecule has 2 aromatic rings. The molecule has 5 nitrogen and oxygen atoms in total. The second kappa shape index (κ2) is 8.39. The molecule has 0 spiro atoms. The number of hydrogen-bond donors (Lipinski definition) is 1. The predicted molar refractivity (Wildman–Crippen MR) is 105 cm³/mol. The molecule has 0 bridgehead atoms. The fourth-order valence-electron chi connectivity index (χ4n) is 3.06. The maximum absolute atomic E-state index is 14.1. The van der Waals surface area contributed by atoms with Gasteiger partial charge in [0.05, 0.1) is 24.0 Å². The molecule has 0 saturated carbocycles. The second-order valence-corrected chi connectivity index (χ2v) is 6.89. The SMILES string of the molecule is COc1ccc(NC(=O)N2CC/C(=C\c3cccc(Cl)c3F)C(C)C2)cn1. The predicted octanol–water partition coefficient (Wildman–Crippen LogP) is 4.84. The summed E-state index contributed by atoms with van der Waals surface area (Å²) >= 11 is 5.85. The molecular weight excluding hydrogens is 369 g/mol. The number of anilines is 1. The van der Waals surface area contributed by atoms with Crippen molar-refractivity contribution in [3.63, 3.8) is 0 Å². The number of hydrogen-bond acceptors (Lipinski definition) is 3. The lowest BCUT2D eigenvalue weighted by atomic mass is 9.91. The van der Waals surface area contributed by atoms with Crippen molar-refractivity contribution in [2.24, 2.45) is 5.92 Å². The molecule has 0 radical (unpaired) electrons. The highest BCUT2D eigenvalue weighted by Gasteiger charge is 2.24. The molecule has 3 rings (SSSR count). The van der Waals surface area contributed by atoms with E-state index >= 15 is 0 Å². The van der Waals surface area contributed by atoms with Gasteiger partial charge in [0.25, 0.3) is 0 Å². The number of nitrogens with one attached hydrogen (secondary N) is 1. The van der Waals surface area contributed by atoms with Gasteiger partial charge in [-0.05, 0) is 24.5 Å².